The Labute approximate surface area is 120 Å². The number of furan rings is 1. The van der Waals surface area contributed by atoms with Crippen molar-refractivity contribution in [3.63, 3.8) is 0 Å². The number of ketones is 1. The fourth-order valence-corrected chi connectivity index (χ4v) is 1.96. The molecule has 0 bridgehead atoms. The van der Waals surface area contributed by atoms with Gasteiger partial charge in [0, 0.05) is 10.0 Å². The third-order valence-corrected chi connectivity index (χ3v) is 3.27. The minimum atomic E-state index is -5.18. The molecule has 1 unspecified atom stereocenters. The number of rotatable bonds is 3. The molecular formula is C13H8BrF3O3. The summed E-state index contributed by atoms with van der Waals surface area (Å²) in [6, 6.07) is 7.00. The number of benzene rings is 1. The van der Waals surface area contributed by atoms with Crippen LogP contribution in [0.25, 0.3) is 0 Å². The molecule has 0 aliphatic carbocycles. The number of hydrogen-bond donors (Lipinski definition) is 1. The smallest absolute Gasteiger partial charge is 0.429 e. The minimum Gasteiger partial charge on any atom is -0.461 e. The zero-order chi connectivity index (χ0) is 15.0. The Kier molecular flexibility index (Phi) is 3.75. The van der Waals surface area contributed by atoms with Crippen LogP contribution in [0.2, 0.25) is 0 Å². The SMILES string of the molecule is O=C(c1ccco1)C(O)(c1ccc(Br)cc1)C(F)(F)F. The van der Waals surface area contributed by atoms with Crippen LogP contribution >= 0.6 is 15.9 Å². The average molecular weight is 349 g/mol. The molecule has 0 aliphatic heterocycles. The molecule has 3 nitrogen and oxygen atoms in total. The largest absolute Gasteiger partial charge is 0.461 e. The van der Waals surface area contributed by atoms with Gasteiger partial charge >= 0.3 is 6.18 Å². The summed E-state index contributed by atoms with van der Waals surface area (Å²) in [5.41, 5.74) is -4.22. The normalized spacial score (nSPS) is 14.8. The van der Waals surface area contributed by atoms with Crippen LogP contribution in [0.1, 0.15) is 16.1 Å². The first-order valence-corrected chi connectivity index (χ1v) is 6.19. The topological polar surface area (TPSA) is 50.4 Å². The molecule has 20 heavy (non-hydrogen) atoms. The third kappa shape index (κ3) is 2.38. The summed E-state index contributed by atoms with van der Waals surface area (Å²) in [6.45, 7) is 0. The van der Waals surface area contributed by atoms with Crippen LogP contribution in [0.3, 0.4) is 0 Å². The molecule has 0 amide bonds. The van der Waals surface area contributed by atoms with Gasteiger partial charge in [-0.15, -0.1) is 0 Å². The Balaban J connectivity index is 2.57. The Morgan fingerprint density at radius 3 is 2.20 bits per heavy atom. The summed E-state index contributed by atoms with van der Waals surface area (Å²) in [5.74, 6) is -2.12. The molecule has 1 atom stereocenters. The van der Waals surface area contributed by atoms with E-state index in [1.54, 1.807) is 0 Å². The Morgan fingerprint density at radius 1 is 1.15 bits per heavy atom. The van der Waals surface area contributed by atoms with Crippen molar-refractivity contribution in [1.82, 2.24) is 0 Å². The van der Waals surface area contributed by atoms with Gasteiger partial charge in [0.2, 0.25) is 5.78 Å². The number of hydrogen-bond acceptors (Lipinski definition) is 3. The van der Waals surface area contributed by atoms with Gasteiger partial charge in [-0.05, 0) is 24.3 Å². The molecule has 0 spiro atoms. The van der Waals surface area contributed by atoms with Gasteiger partial charge in [-0.25, -0.2) is 0 Å². The molecule has 1 heterocycles. The summed E-state index contributed by atoms with van der Waals surface area (Å²) >= 11 is 3.07. The Bertz CT molecular complexity index is 605. The van der Waals surface area contributed by atoms with Crippen LogP contribution in [-0.4, -0.2) is 17.1 Å². The monoisotopic (exact) mass is 348 g/mol. The number of alkyl halides is 3. The van der Waals surface area contributed by atoms with Gasteiger partial charge in [0.15, 0.2) is 5.76 Å². The second kappa shape index (κ2) is 5.06. The van der Waals surface area contributed by atoms with Crippen molar-refractivity contribution in [2.45, 2.75) is 11.8 Å². The Hall–Kier alpha value is -1.60. The summed E-state index contributed by atoms with van der Waals surface area (Å²) in [4.78, 5) is 12.0. The van der Waals surface area contributed by atoms with Gasteiger partial charge in [-0.1, -0.05) is 28.1 Å². The summed E-state index contributed by atoms with van der Waals surface area (Å²) in [7, 11) is 0. The van der Waals surface area contributed by atoms with Crippen LogP contribution < -0.4 is 0 Å². The van der Waals surface area contributed by atoms with Crippen molar-refractivity contribution in [2.75, 3.05) is 0 Å². The first kappa shape index (κ1) is 14.8. The van der Waals surface area contributed by atoms with E-state index in [-0.39, 0.29) is 0 Å². The molecule has 0 aliphatic rings. The van der Waals surface area contributed by atoms with Gasteiger partial charge in [0.1, 0.15) is 0 Å². The third-order valence-electron chi connectivity index (χ3n) is 2.75. The summed E-state index contributed by atoms with van der Waals surface area (Å²) in [6.07, 6.45) is -4.11. The van der Waals surface area contributed by atoms with Crippen LogP contribution in [-0.2, 0) is 5.60 Å². The number of carbonyl (C=O) groups excluding carboxylic acids is 1. The maximum Gasteiger partial charge on any atom is 0.429 e. The van der Waals surface area contributed by atoms with E-state index in [2.05, 4.69) is 20.3 Å². The lowest BCUT2D eigenvalue weighted by Crippen LogP contribution is -2.49. The quantitative estimate of drug-likeness (QED) is 0.861. The van der Waals surface area contributed by atoms with Crippen molar-refractivity contribution < 1.29 is 27.5 Å². The minimum absolute atomic E-state index is 0.524. The molecular weight excluding hydrogens is 341 g/mol. The number of carbonyl (C=O) groups is 1. The van der Waals surface area contributed by atoms with Gasteiger partial charge in [-0.2, -0.15) is 13.2 Å². The zero-order valence-corrected chi connectivity index (χ0v) is 11.4. The van der Waals surface area contributed by atoms with E-state index in [1.165, 1.54) is 18.2 Å². The van der Waals surface area contributed by atoms with Gasteiger partial charge in [0.25, 0.3) is 5.60 Å². The second-order valence-electron chi connectivity index (χ2n) is 4.02. The van der Waals surface area contributed by atoms with Crippen molar-refractivity contribution in [3.8, 4) is 0 Å². The zero-order valence-electron chi connectivity index (χ0n) is 9.82. The molecule has 1 aromatic carbocycles. The highest BCUT2D eigenvalue weighted by Crippen LogP contribution is 2.41. The second-order valence-corrected chi connectivity index (χ2v) is 4.94. The van der Waals surface area contributed by atoms with Gasteiger partial charge in [0.05, 0.1) is 6.26 Å². The van der Waals surface area contributed by atoms with Crippen molar-refractivity contribution in [3.05, 3.63) is 58.5 Å². The standard InChI is InChI=1S/C13H8BrF3O3/c14-9-5-3-8(4-6-9)12(19,13(15,16)17)11(18)10-2-1-7-20-10/h1-7,19H. The molecule has 1 N–H and O–H groups in total. The first-order valence-electron chi connectivity index (χ1n) is 5.40. The fourth-order valence-electron chi connectivity index (χ4n) is 1.70. The van der Waals surface area contributed by atoms with Crippen LogP contribution in [0, 0.1) is 0 Å². The lowest BCUT2D eigenvalue weighted by Gasteiger charge is -2.28. The summed E-state index contributed by atoms with van der Waals surface area (Å²) < 4.78 is 44.8. The highest BCUT2D eigenvalue weighted by molar-refractivity contribution is 9.10. The highest BCUT2D eigenvalue weighted by atomic mass is 79.9. The van der Waals surface area contributed by atoms with E-state index in [1.807, 2.05) is 0 Å². The van der Waals surface area contributed by atoms with Crippen molar-refractivity contribution in [1.29, 1.82) is 0 Å². The van der Waals surface area contributed by atoms with Crippen molar-refractivity contribution >= 4 is 21.7 Å². The lowest BCUT2D eigenvalue weighted by atomic mass is 9.87. The maximum absolute atomic E-state index is 13.2. The fraction of sp³-hybridized carbons (Fsp3) is 0.154. The van der Waals surface area contributed by atoms with Gasteiger partial charge in [-0.3, -0.25) is 4.79 Å². The molecule has 0 saturated heterocycles. The van der Waals surface area contributed by atoms with E-state index in [4.69, 9.17) is 0 Å². The lowest BCUT2D eigenvalue weighted by molar-refractivity contribution is -0.242. The predicted molar refractivity (Wildman–Crippen MR) is 67.1 cm³/mol. The molecule has 2 aromatic rings. The predicted octanol–water partition coefficient (Wildman–Crippen LogP) is 3.67. The molecule has 7 heteroatoms. The number of Topliss-reactive ketones (excluding diaryl/α,β-unsaturated/α-hetero) is 1. The molecule has 0 fully saturated rings. The molecule has 2 rings (SSSR count). The summed E-state index contributed by atoms with van der Waals surface area (Å²) in [5, 5.41) is 10.0. The van der Waals surface area contributed by atoms with Crippen LogP contribution in [0.4, 0.5) is 13.2 Å². The van der Waals surface area contributed by atoms with Crippen LogP contribution in [0.15, 0.2) is 51.6 Å². The van der Waals surface area contributed by atoms with Crippen LogP contribution in [0.5, 0.6) is 0 Å². The number of halogens is 4. The highest BCUT2D eigenvalue weighted by Gasteiger charge is 2.61. The molecule has 106 valence electrons. The van der Waals surface area contributed by atoms with E-state index in [0.717, 1.165) is 24.5 Å². The van der Waals surface area contributed by atoms with E-state index in [0.29, 0.717) is 4.47 Å². The molecule has 0 saturated carbocycles. The van der Waals surface area contributed by atoms with E-state index < -0.39 is 28.9 Å². The first-order chi connectivity index (χ1) is 9.26. The molecule has 1 aromatic heterocycles. The number of aliphatic hydroxyl groups is 1. The maximum atomic E-state index is 13.2. The van der Waals surface area contributed by atoms with Crippen molar-refractivity contribution in [2.24, 2.45) is 0 Å². The molecule has 0 radical (unpaired) electrons. The van der Waals surface area contributed by atoms with Gasteiger partial charge < -0.3 is 9.52 Å². The van der Waals surface area contributed by atoms with E-state index >= 15 is 0 Å². The Morgan fingerprint density at radius 2 is 1.75 bits per heavy atom. The average Bonchev–Trinajstić information content (AvgIpc) is 2.90. The van der Waals surface area contributed by atoms with E-state index in [9.17, 15) is 23.1 Å².